The van der Waals surface area contributed by atoms with Gasteiger partial charge in [-0.2, -0.15) is 0 Å². The van der Waals surface area contributed by atoms with Crippen LogP contribution in [0.3, 0.4) is 0 Å². The van der Waals surface area contributed by atoms with Crippen LogP contribution in [0.15, 0.2) is 59.7 Å². The second-order valence-electron chi connectivity index (χ2n) is 5.25. The predicted octanol–water partition coefficient (Wildman–Crippen LogP) is 2.77. The molecule has 1 heterocycles. The summed E-state index contributed by atoms with van der Waals surface area (Å²) in [6.45, 7) is 0. The maximum absolute atomic E-state index is 12.9. The summed E-state index contributed by atoms with van der Waals surface area (Å²) in [5, 5.41) is 9.24. The van der Waals surface area contributed by atoms with Crippen molar-refractivity contribution in [3.63, 3.8) is 0 Å². The van der Waals surface area contributed by atoms with Crippen LogP contribution in [-0.2, 0) is 9.59 Å². The van der Waals surface area contributed by atoms with Crippen molar-refractivity contribution in [2.24, 2.45) is 5.10 Å². The van der Waals surface area contributed by atoms with Gasteiger partial charge in [0.05, 0.1) is 5.69 Å². The molecular weight excluding hydrogens is 343 g/mol. The number of carbonyl (C=O) groups excluding carboxylic acids is 2. The highest BCUT2D eigenvalue weighted by atomic mass is 32.2. The maximum Gasteiger partial charge on any atom is 0.240 e. The number of carbonyl (C=O) groups is 2. The van der Waals surface area contributed by atoms with E-state index < -0.39 is 5.25 Å². The number of hydrazone groups is 1. The molecule has 1 saturated heterocycles. The summed E-state index contributed by atoms with van der Waals surface area (Å²) in [5.41, 5.74) is 4.12. The van der Waals surface area contributed by atoms with E-state index in [-0.39, 0.29) is 24.1 Å². The smallest absolute Gasteiger partial charge is 0.240 e. The summed E-state index contributed by atoms with van der Waals surface area (Å²) < 4.78 is 12.9. The fourth-order valence-electron chi connectivity index (χ4n) is 2.13. The van der Waals surface area contributed by atoms with Gasteiger partial charge in [0.1, 0.15) is 11.1 Å². The van der Waals surface area contributed by atoms with Crippen molar-refractivity contribution in [1.29, 1.82) is 0 Å². The van der Waals surface area contributed by atoms with Gasteiger partial charge in [-0.25, -0.2) is 4.39 Å². The monoisotopic (exact) mass is 358 g/mol. The van der Waals surface area contributed by atoms with Gasteiger partial charge < -0.3 is 10.6 Å². The minimum atomic E-state index is -0.559. The van der Waals surface area contributed by atoms with Crippen LogP contribution < -0.4 is 16.1 Å². The predicted molar refractivity (Wildman–Crippen MR) is 96.7 cm³/mol. The molecule has 1 atom stereocenters. The summed E-state index contributed by atoms with van der Waals surface area (Å²) in [6.07, 6.45) is -0.00175. The van der Waals surface area contributed by atoms with E-state index in [0.29, 0.717) is 10.9 Å². The molecule has 6 nitrogen and oxygen atoms in total. The maximum atomic E-state index is 12.9. The quantitative estimate of drug-likeness (QED) is 0.718. The molecule has 3 rings (SSSR count). The van der Waals surface area contributed by atoms with Crippen LogP contribution in [0.2, 0.25) is 0 Å². The number of nitrogens with zero attached hydrogens (tertiary/aromatic N) is 1. The number of benzene rings is 2. The van der Waals surface area contributed by atoms with E-state index in [1.165, 1.54) is 36.0 Å². The zero-order chi connectivity index (χ0) is 17.6. The van der Waals surface area contributed by atoms with E-state index in [1.54, 1.807) is 0 Å². The molecule has 0 radical (unpaired) electrons. The van der Waals surface area contributed by atoms with Gasteiger partial charge in [0, 0.05) is 12.1 Å². The first-order valence-corrected chi connectivity index (χ1v) is 8.40. The zero-order valence-corrected chi connectivity index (χ0v) is 13.8. The Morgan fingerprint density at radius 1 is 1.12 bits per heavy atom. The standard InChI is InChI=1S/C17H15FN4O2S/c18-11-6-8-12(9-7-11)19-15(23)10-14-16(24)20-17(25-14)22-21-13-4-2-1-3-5-13/h1-9,14,21H,10H2,(H,19,23)(H,20,22,24)/t14-/m1/s1. The minimum Gasteiger partial charge on any atom is -0.326 e. The van der Waals surface area contributed by atoms with Gasteiger partial charge in [0.15, 0.2) is 5.17 Å². The molecule has 2 aromatic rings. The van der Waals surface area contributed by atoms with Crippen LogP contribution in [0.1, 0.15) is 6.42 Å². The molecule has 2 aromatic carbocycles. The van der Waals surface area contributed by atoms with Crippen LogP contribution in [0.25, 0.3) is 0 Å². The average molecular weight is 358 g/mol. The molecular formula is C17H15FN4O2S. The van der Waals surface area contributed by atoms with Crippen molar-refractivity contribution < 1.29 is 14.0 Å². The highest BCUT2D eigenvalue weighted by molar-refractivity contribution is 8.15. The molecule has 1 aliphatic heterocycles. The summed E-state index contributed by atoms with van der Waals surface area (Å²) in [5.74, 6) is -0.972. The average Bonchev–Trinajstić information content (AvgIpc) is 2.96. The summed E-state index contributed by atoms with van der Waals surface area (Å²) in [6, 6.07) is 14.8. The second kappa shape index (κ2) is 7.80. The van der Waals surface area contributed by atoms with E-state index in [4.69, 9.17) is 0 Å². The van der Waals surface area contributed by atoms with E-state index in [0.717, 1.165) is 5.69 Å². The Labute approximate surface area is 147 Å². The molecule has 0 aromatic heterocycles. The lowest BCUT2D eigenvalue weighted by atomic mass is 10.2. The minimum absolute atomic E-state index is 0.00175. The zero-order valence-electron chi connectivity index (χ0n) is 13.0. The molecule has 0 aliphatic carbocycles. The van der Waals surface area contributed by atoms with Crippen LogP contribution >= 0.6 is 11.8 Å². The van der Waals surface area contributed by atoms with Gasteiger partial charge in [-0.15, -0.1) is 5.10 Å². The Bertz CT molecular complexity index is 796. The van der Waals surface area contributed by atoms with Crippen molar-refractivity contribution in [1.82, 2.24) is 5.32 Å². The Morgan fingerprint density at radius 2 is 1.84 bits per heavy atom. The molecule has 0 unspecified atom stereocenters. The Balaban J connectivity index is 1.53. The van der Waals surface area contributed by atoms with Crippen molar-refractivity contribution in [2.75, 3.05) is 10.7 Å². The highest BCUT2D eigenvalue weighted by Gasteiger charge is 2.32. The molecule has 3 N–H and O–H groups in total. The van der Waals surface area contributed by atoms with Gasteiger partial charge in [0.2, 0.25) is 11.8 Å². The summed E-state index contributed by atoms with van der Waals surface area (Å²) in [4.78, 5) is 24.0. The molecule has 8 heteroatoms. The van der Waals surface area contributed by atoms with Crippen molar-refractivity contribution in [3.05, 3.63) is 60.4 Å². The lowest BCUT2D eigenvalue weighted by Gasteiger charge is -2.07. The fraction of sp³-hybridized carbons (Fsp3) is 0.118. The number of amides is 2. The largest absolute Gasteiger partial charge is 0.326 e. The number of hydrogen-bond acceptors (Lipinski definition) is 5. The molecule has 0 saturated carbocycles. The number of para-hydroxylation sites is 1. The number of thioether (sulfide) groups is 1. The van der Waals surface area contributed by atoms with E-state index >= 15 is 0 Å². The van der Waals surface area contributed by atoms with Gasteiger partial charge in [-0.1, -0.05) is 30.0 Å². The topological polar surface area (TPSA) is 82.6 Å². The van der Waals surface area contributed by atoms with Gasteiger partial charge in [0.25, 0.3) is 0 Å². The number of anilines is 2. The number of hydrogen-bond donors (Lipinski definition) is 3. The molecule has 2 amide bonds. The first-order chi connectivity index (χ1) is 12.1. The molecule has 1 aliphatic rings. The molecule has 25 heavy (non-hydrogen) atoms. The number of nitrogens with one attached hydrogen (secondary N) is 3. The summed E-state index contributed by atoms with van der Waals surface area (Å²) in [7, 11) is 0. The van der Waals surface area contributed by atoms with Crippen LogP contribution in [0.5, 0.6) is 0 Å². The van der Waals surface area contributed by atoms with E-state index in [1.807, 2.05) is 30.3 Å². The Hall–Kier alpha value is -2.87. The fourth-order valence-corrected chi connectivity index (χ4v) is 3.06. The molecule has 0 bridgehead atoms. The molecule has 0 spiro atoms. The third-order valence-corrected chi connectivity index (χ3v) is 4.42. The number of amidine groups is 1. The van der Waals surface area contributed by atoms with Crippen molar-refractivity contribution in [3.8, 4) is 0 Å². The van der Waals surface area contributed by atoms with Crippen LogP contribution in [0, 0.1) is 5.82 Å². The lowest BCUT2D eigenvalue weighted by molar-refractivity contribution is -0.122. The second-order valence-corrected chi connectivity index (χ2v) is 6.44. The van der Waals surface area contributed by atoms with E-state index in [9.17, 15) is 14.0 Å². The third kappa shape index (κ3) is 4.80. The molecule has 128 valence electrons. The summed E-state index contributed by atoms with van der Waals surface area (Å²) >= 11 is 1.19. The lowest BCUT2D eigenvalue weighted by Crippen LogP contribution is -2.28. The SMILES string of the molecule is O=C(C[C@H]1SC(=NNc2ccccc2)NC1=O)Nc1ccc(F)cc1. The third-order valence-electron chi connectivity index (χ3n) is 3.34. The Kier molecular flexibility index (Phi) is 5.30. The first-order valence-electron chi connectivity index (χ1n) is 7.52. The number of rotatable bonds is 5. The van der Waals surface area contributed by atoms with Gasteiger partial charge in [-0.05, 0) is 36.4 Å². The van der Waals surface area contributed by atoms with Gasteiger partial charge >= 0.3 is 0 Å². The Morgan fingerprint density at radius 3 is 2.56 bits per heavy atom. The van der Waals surface area contributed by atoms with Crippen LogP contribution in [0.4, 0.5) is 15.8 Å². The van der Waals surface area contributed by atoms with Crippen LogP contribution in [-0.4, -0.2) is 22.2 Å². The van der Waals surface area contributed by atoms with Crippen molar-refractivity contribution >= 4 is 40.1 Å². The number of halogens is 1. The molecule has 1 fully saturated rings. The normalized spacial score (nSPS) is 18.0. The van der Waals surface area contributed by atoms with E-state index in [2.05, 4.69) is 21.2 Å². The highest BCUT2D eigenvalue weighted by Crippen LogP contribution is 2.23. The van der Waals surface area contributed by atoms with Gasteiger partial charge in [-0.3, -0.25) is 15.0 Å². The first kappa shape index (κ1) is 17.0. The van der Waals surface area contributed by atoms with Crippen molar-refractivity contribution in [2.45, 2.75) is 11.7 Å².